The van der Waals surface area contributed by atoms with Crippen LogP contribution in [0.15, 0.2) is 37.1 Å². The molecule has 0 radical (unpaired) electrons. The van der Waals surface area contributed by atoms with E-state index in [9.17, 15) is 0 Å². The predicted octanol–water partition coefficient (Wildman–Crippen LogP) is 3.37. The number of rotatable bonds is 4. The first-order chi connectivity index (χ1) is 11.3. The van der Waals surface area contributed by atoms with E-state index in [1.54, 1.807) is 18.7 Å². The lowest BCUT2D eigenvalue weighted by molar-refractivity contribution is 0.171. The van der Waals surface area contributed by atoms with E-state index in [-0.39, 0.29) is 0 Å². The van der Waals surface area contributed by atoms with Crippen LogP contribution in [0.2, 0.25) is 4.47 Å². The number of anilines is 1. The van der Waals surface area contributed by atoms with Gasteiger partial charge in [-0.25, -0.2) is 9.97 Å². The largest absolute Gasteiger partial charge is 0.486 e. The van der Waals surface area contributed by atoms with Gasteiger partial charge in [-0.15, -0.1) is 11.3 Å². The van der Waals surface area contributed by atoms with Gasteiger partial charge in [0.25, 0.3) is 0 Å². The smallest absolute Gasteiger partial charge is 0.183 e. The van der Waals surface area contributed by atoms with Crippen molar-refractivity contribution in [3.63, 3.8) is 0 Å². The van der Waals surface area contributed by atoms with Gasteiger partial charge in [-0.3, -0.25) is 0 Å². The molecule has 0 amide bonds. The molecule has 0 saturated heterocycles. The highest BCUT2D eigenvalue weighted by Crippen LogP contribution is 2.37. The Morgan fingerprint density at radius 1 is 1.26 bits per heavy atom. The van der Waals surface area contributed by atoms with Crippen LogP contribution in [-0.2, 0) is 6.54 Å². The summed E-state index contributed by atoms with van der Waals surface area (Å²) in [5.74, 6) is 1.48. The van der Waals surface area contributed by atoms with E-state index in [1.165, 1.54) is 11.3 Å². The highest BCUT2D eigenvalue weighted by molar-refractivity contribution is 7.15. The SMILES string of the molecule is Clc1ncc(CNc2cc3c(cc2-n2ccnc2)OCCO3)s1. The molecule has 4 rings (SSSR count). The van der Waals surface area contributed by atoms with Gasteiger partial charge in [0, 0.05) is 35.6 Å². The van der Waals surface area contributed by atoms with Crippen LogP contribution < -0.4 is 14.8 Å². The minimum Gasteiger partial charge on any atom is -0.486 e. The zero-order valence-corrected chi connectivity index (χ0v) is 13.6. The van der Waals surface area contributed by atoms with Gasteiger partial charge in [0.1, 0.15) is 13.2 Å². The number of benzene rings is 1. The first-order valence-electron chi connectivity index (χ1n) is 7.05. The zero-order chi connectivity index (χ0) is 15.6. The monoisotopic (exact) mass is 348 g/mol. The van der Waals surface area contributed by atoms with Crippen LogP contribution in [0, 0.1) is 0 Å². The fourth-order valence-electron chi connectivity index (χ4n) is 2.38. The molecule has 118 valence electrons. The minimum absolute atomic E-state index is 0.541. The second kappa shape index (κ2) is 6.10. The number of fused-ring (bicyclic) bond motifs is 1. The number of halogens is 1. The van der Waals surface area contributed by atoms with Crippen molar-refractivity contribution in [1.29, 1.82) is 0 Å². The number of ether oxygens (including phenoxy) is 2. The molecule has 8 heteroatoms. The highest BCUT2D eigenvalue weighted by Gasteiger charge is 2.17. The molecule has 3 heterocycles. The third kappa shape index (κ3) is 2.97. The van der Waals surface area contributed by atoms with Crippen molar-refractivity contribution >= 4 is 28.6 Å². The molecule has 0 bridgehead atoms. The van der Waals surface area contributed by atoms with Crippen molar-refractivity contribution < 1.29 is 9.47 Å². The van der Waals surface area contributed by atoms with Crippen LogP contribution in [0.4, 0.5) is 5.69 Å². The Kier molecular flexibility index (Phi) is 3.80. The summed E-state index contributed by atoms with van der Waals surface area (Å²) in [4.78, 5) is 9.22. The van der Waals surface area contributed by atoms with Crippen LogP contribution in [0.5, 0.6) is 11.5 Å². The molecule has 23 heavy (non-hydrogen) atoms. The molecule has 2 aromatic heterocycles. The van der Waals surface area contributed by atoms with E-state index in [0.717, 1.165) is 27.8 Å². The maximum atomic E-state index is 5.88. The number of imidazole rings is 1. The van der Waals surface area contributed by atoms with Crippen LogP contribution >= 0.6 is 22.9 Å². The number of hydrogen-bond donors (Lipinski definition) is 1. The Morgan fingerprint density at radius 2 is 2.09 bits per heavy atom. The Bertz CT molecular complexity index is 819. The van der Waals surface area contributed by atoms with Gasteiger partial charge < -0.3 is 19.4 Å². The lowest BCUT2D eigenvalue weighted by Gasteiger charge is -2.21. The van der Waals surface area contributed by atoms with E-state index in [2.05, 4.69) is 15.3 Å². The maximum Gasteiger partial charge on any atom is 0.183 e. The molecule has 0 unspecified atom stereocenters. The van der Waals surface area contributed by atoms with Crippen molar-refractivity contribution in [1.82, 2.24) is 14.5 Å². The fourth-order valence-corrected chi connectivity index (χ4v) is 3.30. The van der Waals surface area contributed by atoms with Crippen molar-refractivity contribution in [2.45, 2.75) is 6.54 Å². The number of nitrogens with zero attached hydrogens (tertiary/aromatic N) is 3. The molecule has 0 spiro atoms. The van der Waals surface area contributed by atoms with E-state index in [0.29, 0.717) is 24.2 Å². The number of nitrogens with one attached hydrogen (secondary N) is 1. The van der Waals surface area contributed by atoms with E-state index < -0.39 is 0 Å². The summed E-state index contributed by atoms with van der Waals surface area (Å²) >= 11 is 7.34. The van der Waals surface area contributed by atoms with Crippen molar-refractivity contribution in [2.75, 3.05) is 18.5 Å². The average Bonchev–Trinajstić information content (AvgIpc) is 3.23. The van der Waals surface area contributed by atoms with Gasteiger partial charge in [0.15, 0.2) is 16.0 Å². The summed E-state index contributed by atoms with van der Waals surface area (Å²) in [7, 11) is 0. The molecule has 0 saturated carbocycles. The Labute approximate surface area is 141 Å². The lowest BCUT2D eigenvalue weighted by atomic mass is 10.2. The Balaban J connectivity index is 1.68. The first-order valence-corrected chi connectivity index (χ1v) is 8.25. The third-order valence-electron chi connectivity index (χ3n) is 3.42. The summed E-state index contributed by atoms with van der Waals surface area (Å²) in [5.41, 5.74) is 1.87. The van der Waals surface area contributed by atoms with Gasteiger partial charge in [0.2, 0.25) is 0 Å². The molecule has 1 N–H and O–H groups in total. The molecule has 1 aliphatic rings. The number of aromatic nitrogens is 3. The van der Waals surface area contributed by atoms with Crippen LogP contribution in [-0.4, -0.2) is 27.7 Å². The highest BCUT2D eigenvalue weighted by atomic mass is 35.5. The second-order valence-electron chi connectivity index (χ2n) is 4.92. The van der Waals surface area contributed by atoms with Crippen LogP contribution in [0.1, 0.15) is 4.88 Å². The minimum atomic E-state index is 0.541. The van der Waals surface area contributed by atoms with Crippen molar-refractivity contribution in [3.05, 3.63) is 46.4 Å². The summed E-state index contributed by atoms with van der Waals surface area (Å²) < 4.78 is 13.8. The standard InChI is InChI=1S/C15H13ClN4O2S/c16-15-19-8-10(23-15)7-18-11-5-13-14(22-4-3-21-13)6-12(11)20-2-1-17-9-20/h1-2,5-6,8-9,18H,3-4,7H2. The molecule has 0 fully saturated rings. The van der Waals surface area contributed by atoms with Crippen molar-refractivity contribution in [2.24, 2.45) is 0 Å². The van der Waals surface area contributed by atoms with Crippen LogP contribution in [0.25, 0.3) is 5.69 Å². The molecule has 6 nitrogen and oxygen atoms in total. The number of hydrogen-bond acceptors (Lipinski definition) is 6. The molecule has 3 aromatic rings. The second-order valence-corrected chi connectivity index (χ2v) is 6.61. The average molecular weight is 349 g/mol. The fraction of sp³-hybridized carbons (Fsp3) is 0.200. The molecule has 1 aromatic carbocycles. The maximum absolute atomic E-state index is 5.88. The lowest BCUT2D eigenvalue weighted by Crippen LogP contribution is -2.16. The van der Waals surface area contributed by atoms with Crippen molar-refractivity contribution in [3.8, 4) is 17.2 Å². The van der Waals surface area contributed by atoms with Gasteiger partial charge >= 0.3 is 0 Å². The predicted molar refractivity (Wildman–Crippen MR) is 89.0 cm³/mol. The Morgan fingerprint density at radius 3 is 2.78 bits per heavy atom. The zero-order valence-electron chi connectivity index (χ0n) is 12.0. The van der Waals surface area contributed by atoms with Crippen LogP contribution in [0.3, 0.4) is 0 Å². The topological polar surface area (TPSA) is 61.2 Å². The summed E-state index contributed by atoms with van der Waals surface area (Å²) in [5, 5.41) is 3.41. The molecular formula is C15H13ClN4O2S. The molecule has 0 atom stereocenters. The van der Waals surface area contributed by atoms with E-state index in [4.69, 9.17) is 21.1 Å². The normalized spacial score (nSPS) is 13.1. The summed E-state index contributed by atoms with van der Waals surface area (Å²) in [6.07, 6.45) is 7.15. The quantitative estimate of drug-likeness (QED) is 0.783. The van der Waals surface area contributed by atoms with Gasteiger partial charge in [-0.05, 0) is 0 Å². The van der Waals surface area contributed by atoms with Gasteiger partial charge in [-0.2, -0.15) is 0 Å². The van der Waals surface area contributed by atoms with E-state index >= 15 is 0 Å². The molecular weight excluding hydrogens is 336 g/mol. The van der Waals surface area contributed by atoms with Gasteiger partial charge in [-0.1, -0.05) is 11.6 Å². The van der Waals surface area contributed by atoms with Gasteiger partial charge in [0.05, 0.1) is 24.2 Å². The summed E-state index contributed by atoms with van der Waals surface area (Å²) in [6, 6.07) is 3.91. The number of thiazole rings is 1. The first kappa shape index (κ1) is 14.3. The third-order valence-corrected chi connectivity index (χ3v) is 4.54. The molecule has 0 aliphatic carbocycles. The van der Waals surface area contributed by atoms with E-state index in [1.807, 2.05) is 22.9 Å². The summed E-state index contributed by atoms with van der Waals surface area (Å²) in [6.45, 7) is 1.75. The Hall–Kier alpha value is -2.25. The molecule has 1 aliphatic heterocycles.